The van der Waals surface area contributed by atoms with E-state index in [-0.39, 0.29) is 0 Å². The Kier molecular flexibility index (Phi) is 2.22. The first-order valence-corrected chi connectivity index (χ1v) is 4.92. The van der Waals surface area contributed by atoms with Gasteiger partial charge in [0.05, 0.1) is 5.69 Å². The van der Waals surface area contributed by atoms with Crippen molar-refractivity contribution in [2.24, 2.45) is 0 Å². The molecule has 2 aromatic rings. The lowest BCUT2D eigenvalue weighted by Gasteiger charge is -1.99. The number of pyridine rings is 1. The summed E-state index contributed by atoms with van der Waals surface area (Å²) in [6.45, 7) is 5.82. The summed E-state index contributed by atoms with van der Waals surface area (Å²) in [6.07, 6.45) is 3.88. The van der Waals surface area contributed by atoms with E-state index in [9.17, 15) is 0 Å². The van der Waals surface area contributed by atoms with Crippen LogP contribution in [0.5, 0.6) is 0 Å². The molecule has 0 aliphatic rings. The first-order valence-electron chi connectivity index (χ1n) is 4.45. The van der Waals surface area contributed by atoms with Crippen molar-refractivity contribution in [3.63, 3.8) is 0 Å². The summed E-state index contributed by atoms with van der Waals surface area (Å²) >= 11 is 5.00. The zero-order valence-corrected chi connectivity index (χ0v) is 8.84. The molecule has 0 fully saturated rings. The lowest BCUT2D eigenvalue weighted by Crippen LogP contribution is -1.91. The minimum atomic E-state index is 1.08. The van der Waals surface area contributed by atoms with E-state index < -0.39 is 0 Å². The quantitative estimate of drug-likeness (QED) is 0.675. The van der Waals surface area contributed by atoms with Crippen LogP contribution in [0.2, 0.25) is 0 Å². The highest BCUT2D eigenvalue weighted by atomic mass is 32.1. The van der Waals surface area contributed by atoms with Crippen molar-refractivity contribution in [1.82, 2.24) is 4.40 Å². The molecule has 0 saturated heterocycles. The molecular weight excluding hydrogens is 190 g/mol. The largest absolute Gasteiger partial charge is 0.315 e. The van der Waals surface area contributed by atoms with Crippen molar-refractivity contribution in [2.75, 3.05) is 0 Å². The molecule has 0 aromatic carbocycles. The van der Waals surface area contributed by atoms with Crippen molar-refractivity contribution in [2.45, 2.75) is 6.92 Å². The van der Waals surface area contributed by atoms with Crippen LogP contribution in [0, 0.1) is 6.92 Å². The highest BCUT2D eigenvalue weighted by Gasteiger charge is 2.03. The van der Waals surface area contributed by atoms with Crippen LogP contribution in [0.4, 0.5) is 0 Å². The van der Waals surface area contributed by atoms with Crippen LogP contribution >= 0.6 is 12.2 Å². The second-order valence-electron chi connectivity index (χ2n) is 3.29. The molecule has 0 N–H and O–H groups in total. The summed E-state index contributed by atoms with van der Waals surface area (Å²) in [4.78, 5) is 0. The molecule has 1 nitrogen and oxygen atoms in total. The number of rotatable bonds is 2. The van der Waals surface area contributed by atoms with Gasteiger partial charge < -0.3 is 4.40 Å². The Balaban J connectivity index is 2.83. The van der Waals surface area contributed by atoms with Crippen LogP contribution in [0.25, 0.3) is 11.6 Å². The lowest BCUT2D eigenvalue weighted by atomic mass is 10.2. The maximum atomic E-state index is 5.00. The Labute approximate surface area is 88.7 Å². The van der Waals surface area contributed by atoms with E-state index in [2.05, 4.69) is 36.1 Å². The molecule has 0 radical (unpaired) electrons. The fourth-order valence-electron chi connectivity index (χ4n) is 1.61. The Bertz CT molecular complexity index is 508. The molecule has 70 valence electrons. The Morgan fingerprint density at radius 3 is 2.86 bits per heavy atom. The summed E-state index contributed by atoms with van der Waals surface area (Å²) in [5.74, 6) is 0. The van der Waals surface area contributed by atoms with E-state index >= 15 is 0 Å². The first kappa shape index (κ1) is 9.16. The zero-order chi connectivity index (χ0) is 10.1. The fourth-order valence-corrected chi connectivity index (χ4v) is 1.91. The molecule has 0 saturated carbocycles. The molecule has 2 aromatic heterocycles. The SMILES string of the molecule is C=Cc1ccc2cc(C)c(C=S)n2c1. The maximum Gasteiger partial charge on any atom is 0.0592 e. The number of aryl methyl sites for hydroxylation is 1. The first-order chi connectivity index (χ1) is 6.76. The van der Waals surface area contributed by atoms with Gasteiger partial charge in [-0.1, -0.05) is 30.9 Å². The van der Waals surface area contributed by atoms with Gasteiger partial charge in [-0.05, 0) is 30.2 Å². The second-order valence-corrected chi connectivity index (χ2v) is 3.53. The molecule has 0 aliphatic carbocycles. The lowest BCUT2D eigenvalue weighted by molar-refractivity contribution is 1.17. The van der Waals surface area contributed by atoms with E-state index in [4.69, 9.17) is 12.2 Å². The molecule has 0 atom stereocenters. The Morgan fingerprint density at radius 2 is 2.21 bits per heavy atom. The fraction of sp³-hybridized carbons (Fsp3) is 0.0833. The standard InChI is InChI=1S/C12H11NS/c1-3-10-4-5-11-6-9(2)12(8-14)13(11)7-10/h3-8H,1H2,2H3. The monoisotopic (exact) mass is 201 g/mol. The Hall–Kier alpha value is -1.41. The molecule has 2 heterocycles. The average molecular weight is 201 g/mol. The number of aromatic nitrogens is 1. The van der Waals surface area contributed by atoms with Gasteiger partial charge in [0.25, 0.3) is 0 Å². The summed E-state index contributed by atoms with van der Waals surface area (Å²) in [6, 6.07) is 6.26. The van der Waals surface area contributed by atoms with Crippen molar-refractivity contribution >= 4 is 29.2 Å². The van der Waals surface area contributed by atoms with Crippen molar-refractivity contribution in [3.05, 3.63) is 47.8 Å². The average Bonchev–Trinajstić information content (AvgIpc) is 2.52. The molecule has 0 spiro atoms. The van der Waals surface area contributed by atoms with E-state index in [0.29, 0.717) is 0 Å². The topological polar surface area (TPSA) is 4.41 Å². The summed E-state index contributed by atoms with van der Waals surface area (Å²) < 4.78 is 2.10. The van der Waals surface area contributed by atoms with Crippen LogP contribution in [0.15, 0.2) is 31.0 Å². The van der Waals surface area contributed by atoms with Gasteiger partial charge in [-0.25, -0.2) is 0 Å². The molecule has 2 rings (SSSR count). The minimum Gasteiger partial charge on any atom is -0.315 e. The molecule has 0 aliphatic heterocycles. The second kappa shape index (κ2) is 3.39. The predicted molar refractivity (Wildman–Crippen MR) is 65.0 cm³/mol. The minimum absolute atomic E-state index is 1.08. The zero-order valence-electron chi connectivity index (χ0n) is 8.03. The number of hydrogen-bond acceptors (Lipinski definition) is 1. The smallest absolute Gasteiger partial charge is 0.0592 e. The van der Waals surface area contributed by atoms with Gasteiger partial charge in [-0.15, -0.1) is 0 Å². The van der Waals surface area contributed by atoms with Crippen LogP contribution in [0.1, 0.15) is 16.8 Å². The van der Waals surface area contributed by atoms with Gasteiger partial charge in [-0.2, -0.15) is 0 Å². The van der Waals surface area contributed by atoms with Crippen LogP contribution in [-0.4, -0.2) is 9.77 Å². The maximum absolute atomic E-state index is 5.00. The van der Waals surface area contributed by atoms with E-state index in [1.54, 1.807) is 5.37 Å². The molecule has 2 heteroatoms. The summed E-state index contributed by atoms with van der Waals surface area (Å²) in [5, 5.41) is 1.72. The van der Waals surface area contributed by atoms with Crippen molar-refractivity contribution in [3.8, 4) is 0 Å². The normalized spacial score (nSPS) is 10.4. The van der Waals surface area contributed by atoms with Crippen molar-refractivity contribution in [1.29, 1.82) is 0 Å². The van der Waals surface area contributed by atoms with Crippen LogP contribution < -0.4 is 0 Å². The molecule has 0 unspecified atom stereocenters. The highest BCUT2D eigenvalue weighted by Crippen LogP contribution is 2.16. The van der Waals surface area contributed by atoms with Crippen molar-refractivity contribution < 1.29 is 0 Å². The Morgan fingerprint density at radius 1 is 1.43 bits per heavy atom. The van der Waals surface area contributed by atoms with Gasteiger partial charge in [-0.3, -0.25) is 0 Å². The van der Waals surface area contributed by atoms with Crippen LogP contribution in [-0.2, 0) is 0 Å². The molecule has 14 heavy (non-hydrogen) atoms. The molecule has 0 bridgehead atoms. The number of fused-ring (bicyclic) bond motifs is 1. The van der Waals surface area contributed by atoms with Crippen LogP contribution in [0.3, 0.4) is 0 Å². The predicted octanol–water partition coefficient (Wildman–Crippen LogP) is 3.24. The van der Waals surface area contributed by atoms with E-state index in [0.717, 1.165) is 11.3 Å². The number of nitrogens with zero attached hydrogens (tertiary/aromatic N) is 1. The number of thiocarbonyl (C=S) groups is 1. The van der Waals surface area contributed by atoms with Gasteiger partial charge >= 0.3 is 0 Å². The third kappa shape index (κ3) is 1.28. The highest BCUT2D eigenvalue weighted by molar-refractivity contribution is 7.79. The van der Waals surface area contributed by atoms with Gasteiger partial charge in [0.1, 0.15) is 0 Å². The third-order valence-corrected chi connectivity index (χ3v) is 2.60. The van der Waals surface area contributed by atoms with Gasteiger partial charge in [0.2, 0.25) is 0 Å². The third-order valence-electron chi connectivity index (χ3n) is 2.38. The van der Waals surface area contributed by atoms with E-state index in [1.165, 1.54) is 11.1 Å². The number of hydrogen-bond donors (Lipinski definition) is 0. The van der Waals surface area contributed by atoms with Gasteiger partial charge in [0, 0.05) is 17.1 Å². The summed E-state index contributed by atoms with van der Waals surface area (Å²) in [7, 11) is 0. The molecule has 0 amide bonds. The molecular formula is C12H11NS. The van der Waals surface area contributed by atoms with Gasteiger partial charge in [0.15, 0.2) is 0 Å². The van der Waals surface area contributed by atoms with E-state index in [1.807, 2.05) is 12.3 Å². The summed E-state index contributed by atoms with van der Waals surface area (Å²) in [5.41, 5.74) is 4.57.